The van der Waals surface area contributed by atoms with Crippen LogP contribution in [0.2, 0.25) is 0 Å². The van der Waals surface area contributed by atoms with E-state index in [2.05, 4.69) is 6.92 Å². The summed E-state index contributed by atoms with van der Waals surface area (Å²) in [7, 11) is 0. The highest BCUT2D eigenvalue weighted by Gasteiger charge is 2.34. The van der Waals surface area contributed by atoms with Gasteiger partial charge in [0.05, 0.1) is 10.5 Å². The van der Waals surface area contributed by atoms with Gasteiger partial charge in [-0.25, -0.2) is 0 Å². The highest BCUT2D eigenvalue weighted by Crippen LogP contribution is 2.36. The minimum atomic E-state index is -0.444. The van der Waals surface area contributed by atoms with Gasteiger partial charge >= 0.3 is 0 Å². The number of hydrogen-bond acceptors (Lipinski definition) is 4. The van der Waals surface area contributed by atoms with Gasteiger partial charge in [0, 0.05) is 18.7 Å². The first kappa shape index (κ1) is 18.9. The number of rotatable bonds is 8. The minimum absolute atomic E-state index is 0.00700. The molecule has 1 saturated carbocycles. The summed E-state index contributed by atoms with van der Waals surface area (Å²) in [5.41, 5.74) is 1.50. The number of carbonyl (C=O) groups is 1. The van der Waals surface area contributed by atoms with Gasteiger partial charge < -0.3 is 9.64 Å². The lowest BCUT2D eigenvalue weighted by atomic mass is 10.1. The summed E-state index contributed by atoms with van der Waals surface area (Å²) in [4.78, 5) is 25.4. The van der Waals surface area contributed by atoms with Crippen LogP contribution in [0.3, 0.4) is 0 Å². The molecule has 2 aromatic carbocycles. The summed E-state index contributed by atoms with van der Waals surface area (Å²) in [6.07, 6.45) is 2.29. The van der Waals surface area contributed by atoms with Gasteiger partial charge in [0.2, 0.25) is 0 Å². The third-order valence-electron chi connectivity index (χ3n) is 5.12. The molecule has 0 aliphatic heterocycles. The zero-order chi connectivity index (χ0) is 19.4. The van der Waals surface area contributed by atoms with Crippen LogP contribution in [0, 0.1) is 23.0 Å². The molecule has 0 bridgehead atoms. The van der Waals surface area contributed by atoms with Crippen LogP contribution in [-0.2, 0) is 11.3 Å². The van der Waals surface area contributed by atoms with Gasteiger partial charge in [-0.15, -0.1) is 0 Å². The Labute approximate surface area is 158 Å². The molecule has 0 aromatic heterocycles. The smallest absolute Gasteiger partial charge is 0.276 e. The van der Waals surface area contributed by atoms with Crippen LogP contribution in [-0.4, -0.2) is 28.4 Å². The molecular formula is C21H24N2O4. The molecule has 0 spiro atoms. The first-order valence-corrected chi connectivity index (χ1v) is 9.17. The quantitative estimate of drug-likeness (QED) is 0.519. The van der Waals surface area contributed by atoms with Crippen LogP contribution in [0.4, 0.5) is 5.69 Å². The monoisotopic (exact) mass is 368 g/mol. The maximum Gasteiger partial charge on any atom is 0.276 e. The van der Waals surface area contributed by atoms with Crippen LogP contribution >= 0.6 is 0 Å². The Morgan fingerprint density at radius 2 is 1.93 bits per heavy atom. The van der Waals surface area contributed by atoms with E-state index in [1.165, 1.54) is 6.07 Å². The van der Waals surface area contributed by atoms with Crippen molar-refractivity contribution in [2.45, 2.75) is 39.3 Å². The number of nitro groups is 1. The van der Waals surface area contributed by atoms with Crippen molar-refractivity contribution in [2.24, 2.45) is 5.92 Å². The van der Waals surface area contributed by atoms with Gasteiger partial charge in [-0.05, 0) is 44.2 Å². The molecule has 0 saturated heterocycles. The summed E-state index contributed by atoms with van der Waals surface area (Å²) < 4.78 is 5.66. The van der Waals surface area contributed by atoms with Crippen LogP contribution in [0.5, 0.6) is 5.75 Å². The first-order valence-electron chi connectivity index (χ1n) is 9.17. The number of nitrogens with zero attached hydrogens (tertiary/aromatic N) is 2. The summed E-state index contributed by atoms with van der Waals surface area (Å²) in [5, 5.41) is 11.1. The van der Waals surface area contributed by atoms with Crippen LogP contribution in [0.25, 0.3) is 0 Å². The fourth-order valence-corrected chi connectivity index (χ4v) is 3.25. The molecule has 1 unspecified atom stereocenters. The molecule has 1 aliphatic rings. The van der Waals surface area contributed by atoms with Crippen molar-refractivity contribution in [3.05, 3.63) is 69.8 Å². The minimum Gasteiger partial charge on any atom is -0.483 e. The van der Waals surface area contributed by atoms with E-state index in [9.17, 15) is 14.9 Å². The van der Waals surface area contributed by atoms with E-state index in [1.807, 2.05) is 35.2 Å². The fraction of sp³-hybridized carbons (Fsp3) is 0.381. The van der Waals surface area contributed by atoms with Gasteiger partial charge in [-0.3, -0.25) is 14.9 Å². The summed E-state index contributed by atoms with van der Waals surface area (Å²) in [6, 6.07) is 14.7. The van der Waals surface area contributed by atoms with E-state index in [4.69, 9.17) is 4.74 Å². The third-order valence-corrected chi connectivity index (χ3v) is 5.12. The Morgan fingerprint density at radius 1 is 1.22 bits per heavy atom. The number of carbonyl (C=O) groups excluding carboxylic acids is 1. The van der Waals surface area contributed by atoms with Gasteiger partial charge in [0.15, 0.2) is 6.61 Å². The molecule has 6 heteroatoms. The fourth-order valence-electron chi connectivity index (χ4n) is 3.25. The lowest BCUT2D eigenvalue weighted by Crippen LogP contribution is -2.42. The molecule has 3 rings (SSSR count). The Hall–Kier alpha value is -2.89. The normalized spacial score (nSPS) is 14.4. The van der Waals surface area contributed by atoms with E-state index < -0.39 is 4.92 Å². The van der Waals surface area contributed by atoms with E-state index in [1.54, 1.807) is 19.1 Å². The second-order valence-corrected chi connectivity index (χ2v) is 7.03. The van der Waals surface area contributed by atoms with E-state index in [0.717, 1.165) is 18.4 Å². The zero-order valence-electron chi connectivity index (χ0n) is 15.6. The average Bonchev–Trinajstić information content (AvgIpc) is 3.50. The van der Waals surface area contributed by atoms with Crippen molar-refractivity contribution < 1.29 is 14.5 Å². The molecule has 0 heterocycles. The van der Waals surface area contributed by atoms with E-state index in [-0.39, 0.29) is 24.2 Å². The predicted octanol–water partition coefficient (Wildman–Crippen LogP) is 4.11. The molecule has 142 valence electrons. The van der Waals surface area contributed by atoms with Crippen LogP contribution < -0.4 is 4.74 Å². The highest BCUT2D eigenvalue weighted by molar-refractivity contribution is 5.78. The Balaban J connectivity index is 1.71. The van der Waals surface area contributed by atoms with Gasteiger partial charge in [0.1, 0.15) is 5.75 Å². The maximum atomic E-state index is 12.9. The summed E-state index contributed by atoms with van der Waals surface area (Å²) in [5.74, 6) is 0.803. The second-order valence-electron chi connectivity index (χ2n) is 7.03. The number of benzene rings is 2. The zero-order valence-corrected chi connectivity index (χ0v) is 15.6. The Bertz CT molecular complexity index is 818. The van der Waals surface area contributed by atoms with Crippen LogP contribution in [0.15, 0.2) is 48.5 Å². The van der Waals surface area contributed by atoms with Crippen LogP contribution in [0.1, 0.15) is 30.9 Å². The predicted molar refractivity (Wildman–Crippen MR) is 103 cm³/mol. The SMILES string of the molecule is Cc1c(OCC(=O)N(Cc2ccccc2)C(C)C2CC2)cccc1[N+](=O)[O-]. The van der Waals surface area contributed by atoms with E-state index >= 15 is 0 Å². The van der Waals surface area contributed by atoms with Crippen molar-refractivity contribution in [3.63, 3.8) is 0 Å². The molecule has 0 N–H and O–H groups in total. The maximum absolute atomic E-state index is 12.9. The molecule has 1 atom stereocenters. The number of amides is 1. The van der Waals surface area contributed by atoms with Crippen molar-refractivity contribution >= 4 is 11.6 Å². The summed E-state index contributed by atoms with van der Waals surface area (Å²) in [6.45, 7) is 4.12. The molecule has 1 fully saturated rings. The van der Waals surface area contributed by atoms with Gasteiger partial charge in [-0.1, -0.05) is 36.4 Å². The summed E-state index contributed by atoms with van der Waals surface area (Å²) >= 11 is 0. The van der Waals surface area contributed by atoms with Crippen molar-refractivity contribution in [2.75, 3.05) is 6.61 Å². The molecule has 0 radical (unpaired) electrons. The number of nitro benzene ring substituents is 1. The molecule has 6 nitrogen and oxygen atoms in total. The molecule has 1 aliphatic carbocycles. The topological polar surface area (TPSA) is 72.7 Å². The van der Waals surface area contributed by atoms with Gasteiger partial charge in [0.25, 0.3) is 11.6 Å². The highest BCUT2D eigenvalue weighted by atomic mass is 16.6. The molecule has 1 amide bonds. The lowest BCUT2D eigenvalue weighted by molar-refractivity contribution is -0.385. The average molecular weight is 368 g/mol. The van der Waals surface area contributed by atoms with Crippen molar-refractivity contribution in [1.29, 1.82) is 0 Å². The number of ether oxygens (including phenoxy) is 1. The molecule has 27 heavy (non-hydrogen) atoms. The molecule has 2 aromatic rings. The number of hydrogen-bond donors (Lipinski definition) is 0. The lowest BCUT2D eigenvalue weighted by Gasteiger charge is -2.29. The standard InChI is InChI=1S/C21H24N2O4/c1-15-19(23(25)26)9-6-10-20(15)27-14-21(24)22(16(2)18-11-12-18)13-17-7-4-3-5-8-17/h3-10,16,18H,11-14H2,1-2H3. The Kier molecular flexibility index (Phi) is 5.74. The van der Waals surface area contributed by atoms with Crippen molar-refractivity contribution in [1.82, 2.24) is 4.90 Å². The Morgan fingerprint density at radius 3 is 2.56 bits per heavy atom. The molecular weight excluding hydrogens is 344 g/mol. The first-order chi connectivity index (χ1) is 13.0. The van der Waals surface area contributed by atoms with E-state index in [0.29, 0.717) is 23.8 Å². The largest absolute Gasteiger partial charge is 0.483 e. The third kappa shape index (κ3) is 4.64. The second kappa shape index (κ2) is 8.20. The van der Waals surface area contributed by atoms with Gasteiger partial charge in [-0.2, -0.15) is 0 Å². The van der Waals surface area contributed by atoms with Crippen molar-refractivity contribution in [3.8, 4) is 5.75 Å².